The number of ether oxygens (including phenoxy) is 1. The first kappa shape index (κ1) is 13.1. The summed E-state index contributed by atoms with van der Waals surface area (Å²) < 4.78 is 5.39. The van der Waals surface area contributed by atoms with Crippen molar-refractivity contribution in [3.8, 4) is 0 Å². The molecule has 0 spiro atoms. The van der Waals surface area contributed by atoms with Crippen LogP contribution in [-0.2, 0) is 4.74 Å². The van der Waals surface area contributed by atoms with Crippen molar-refractivity contribution in [2.45, 2.75) is 26.2 Å². The lowest BCUT2D eigenvalue weighted by Gasteiger charge is -2.31. The van der Waals surface area contributed by atoms with Gasteiger partial charge in [-0.25, -0.2) is 0 Å². The van der Waals surface area contributed by atoms with Gasteiger partial charge in [0.25, 0.3) is 0 Å². The quantitative estimate of drug-likeness (QED) is 0.694. The molecule has 0 N–H and O–H groups in total. The van der Waals surface area contributed by atoms with Gasteiger partial charge in [-0.05, 0) is 38.4 Å². The predicted molar refractivity (Wildman–Crippen MR) is 71.3 cm³/mol. The highest BCUT2D eigenvalue weighted by molar-refractivity contribution is 5.06. The Balaban J connectivity index is 1.75. The highest BCUT2D eigenvalue weighted by Gasteiger charge is 2.15. The Bertz CT molecular complexity index is 219. The molecular formula is C14H26N2O. The molecule has 0 aromatic heterocycles. The minimum Gasteiger partial charge on any atom is -0.379 e. The zero-order chi connectivity index (χ0) is 11.9. The van der Waals surface area contributed by atoms with Crippen LogP contribution in [0.15, 0.2) is 11.6 Å². The zero-order valence-electron chi connectivity index (χ0n) is 11.2. The van der Waals surface area contributed by atoms with Crippen molar-refractivity contribution < 1.29 is 4.74 Å². The molecule has 0 bridgehead atoms. The molecule has 0 atom stereocenters. The van der Waals surface area contributed by atoms with Crippen molar-refractivity contribution in [1.82, 2.24) is 9.80 Å². The SMILES string of the molecule is CC=C(CN1CCCCC1)CN1CCOCC1. The Hall–Kier alpha value is -0.380. The van der Waals surface area contributed by atoms with Gasteiger partial charge in [0.15, 0.2) is 0 Å². The van der Waals surface area contributed by atoms with Crippen LogP contribution in [0.5, 0.6) is 0 Å². The summed E-state index contributed by atoms with van der Waals surface area (Å²) in [5.41, 5.74) is 1.58. The van der Waals surface area contributed by atoms with E-state index >= 15 is 0 Å². The van der Waals surface area contributed by atoms with Crippen LogP contribution in [0.3, 0.4) is 0 Å². The van der Waals surface area contributed by atoms with Crippen molar-refractivity contribution >= 4 is 0 Å². The van der Waals surface area contributed by atoms with Gasteiger partial charge in [-0.3, -0.25) is 9.80 Å². The third-order valence-corrected chi connectivity index (χ3v) is 3.81. The maximum Gasteiger partial charge on any atom is 0.0594 e. The highest BCUT2D eigenvalue weighted by Crippen LogP contribution is 2.12. The van der Waals surface area contributed by atoms with Crippen molar-refractivity contribution in [3.05, 3.63) is 11.6 Å². The molecule has 0 saturated carbocycles. The minimum absolute atomic E-state index is 0.903. The number of allylic oxidation sites excluding steroid dienone is 1. The zero-order valence-corrected chi connectivity index (χ0v) is 11.2. The molecule has 2 fully saturated rings. The molecule has 2 heterocycles. The largest absolute Gasteiger partial charge is 0.379 e. The summed E-state index contributed by atoms with van der Waals surface area (Å²) in [7, 11) is 0. The molecule has 0 aromatic carbocycles. The summed E-state index contributed by atoms with van der Waals surface area (Å²) in [5, 5.41) is 0. The molecule has 98 valence electrons. The van der Waals surface area contributed by atoms with Gasteiger partial charge in [0.2, 0.25) is 0 Å². The average Bonchev–Trinajstić information content (AvgIpc) is 2.40. The molecule has 0 aliphatic carbocycles. The van der Waals surface area contributed by atoms with Crippen molar-refractivity contribution in [1.29, 1.82) is 0 Å². The molecule has 0 radical (unpaired) electrons. The van der Waals surface area contributed by atoms with E-state index in [1.54, 1.807) is 5.57 Å². The molecule has 0 amide bonds. The van der Waals surface area contributed by atoms with Crippen LogP contribution in [-0.4, -0.2) is 62.3 Å². The molecule has 2 aliphatic rings. The monoisotopic (exact) mass is 238 g/mol. The maximum absolute atomic E-state index is 5.39. The topological polar surface area (TPSA) is 15.7 Å². The number of hydrogen-bond acceptors (Lipinski definition) is 3. The molecular weight excluding hydrogens is 212 g/mol. The van der Waals surface area contributed by atoms with Crippen LogP contribution >= 0.6 is 0 Å². The van der Waals surface area contributed by atoms with Gasteiger partial charge >= 0.3 is 0 Å². The molecule has 3 heteroatoms. The van der Waals surface area contributed by atoms with E-state index in [0.717, 1.165) is 32.8 Å². The summed E-state index contributed by atoms with van der Waals surface area (Å²) in [5.74, 6) is 0. The van der Waals surface area contributed by atoms with E-state index < -0.39 is 0 Å². The Labute approximate surface area is 105 Å². The average molecular weight is 238 g/mol. The van der Waals surface area contributed by atoms with E-state index in [0.29, 0.717) is 0 Å². The minimum atomic E-state index is 0.903. The highest BCUT2D eigenvalue weighted by atomic mass is 16.5. The lowest BCUT2D eigenvalue weighted by atomic mass is 10.1. The Morgan fingerprint density at radius 2 is 1.53 bits per heavy atom. The van der Waals surface area contributed by atoms with Crippen molar-refractivity contribution in [2.75, 3.05) is 52.5 Å². The fraction of sp³-hybridized carbons (Fsp3) is 0.857. The van der Waals surface area contributed by atoms with Gasteiger partial charge in [0.1, 0.15) is 0 Å². The standard InChI is InChI=1S/C14H26N2O/c1-2-14(12-15-6-4-3-5-7-15)13-16-8-10-17-11-9-16/h2H,3-13H2,1H3. The van der Waals surface area contributed by atoms with E-state index in [1.165, 1.54) is 38.9 Å². The molecule has 2 aliphatic heterocycles. The number of piperidine rings is 1. The van der Waals surface area contributed by atoms with E-state index in [4.69, 9.17) is 4.74 Å². The smallest absolute Gasteiger partial charge is 0.0594 e. The van der Waals surface area contributed by atoms with Crippen molar-refractivity contribution in [3.63, 3.8) is 0 Å². The number of likely N-dealkylation sites (tertiary alicyclic amines) is 1. The summed E-state index contributed by atoms with van der Waals surface area (Å²) in [4.78, 5) is 5.13. The predicted octanol–water partition coefficient (Wildman–Crippen LogP) is 1.75. The third kappa shape index (κ3) is 4.41. The van der Waals surface area contributed by atoms with Crippen LogP contribution in [0.4, 0.5) is 0 Å². The van der Waals surface area contributed by atoms with Crippen LogP contribution in [0, 0.1) is 0 Å². The molecule has 2 saturated heterocycles. The lowest BCUT2D eigenvalue weighted by Crippen LogP contribution is -2.40. The van der Waals surface area contributed by atoms with Gasteiger partial charge in [0.05, 0.1) is 13.2 Å². The molecule has 2 rings (SSSR count). The summed E-state index contributed by atoms with van der Waals surface area (Å²) in [6.07, 6.45) is 6.50. The molecule has 3 nitrogen and oxygen atoms in total. The van der Waals surface area contributed by atoms with Crippen LogP contribution in [0.1, 0.15) is 26.2 Å². The first-order valence-corrected chi connectivity index (χ1v) is 7.05. The summed E-state index contributed by atoms with van der Waals surface area (Å²) in [6, 6.07) is 0. The van der Waals surface area contributed by atoms with Gasteiger partial charge in [-0.15, -0.1) is 0 Å². The number of morpholine rings is 1. The van der Waals surface area contributed by atoms with Gasteiger partial charge < -0.3 is 4.74 Å². The van der Waals surface area contributed by atoms with Gasteiger partial charge in [-0.2, -0.15) is 0 Å². The lowest BCUT2D eigenvalue weighted by molar-refractivity contribution is 0.0414. The first-order valence-electron chi connectivity index (χ1n) is 7.05. The van der Waals surface area contributed by atoms with Crippen LogP contribution in [0.2, 0.25) is 0 Å². The number of rotatable bonds is 4. The molecule has 0 unspecified atom stereocenters. The second-order valence-electron chi connectivity index (χ2n) is 5.17. The van der Waals surface area contributed by atoms with Gasteiger partial charge in [0, 0.05) is 26.2 Å². The van der Waals surface area contributed by atoms with Crippen LogP contribution in [0.25, 0.3) is 0 Å². The number of nitrogens with zero attached hydrogens (tertiary/aromatic N) is 2. The van der Waals surface area contributed by atoms with Crippen molar-refractivity contribution in [2.24, 2.45) is 0 Å². The van der Waals surface area contributed by atoms with E-state index in [9.17, 15) is 0 Å². The molecule has 17 heavy (non-hydrogen) atoms. The van der Waals surface area contributed by atoms with Gasteiger partial charge in [-0.1, -0.05) is 12.5 Å². The summed E-state index contributed by atoms with van der Waals surface area (Å²) in [6.45, 7) is 11.1. The Morgan fingerprint density at radius 3 is 2.12 bits per heavy atom. The maximum atomic E-state index is 5.39. The fourth-order valence-corrected chi connectivity index (χ4v) is 2.68. The Kier molecular flexibility index (Phi) is 5.49. The Morgan fingerprint density at radius 1 is 0.941 bits per heavy atom. The van der Waals surface area contributed by atoms with E-state index in [2.05, 4.69) is 22.8 Å². The summed E-state index contributed by atoms with van der Waals surface area (Å²) >= 11 is 0. The second-order valence-corrected chi connectivity index (χ2v) is 5.17. The number of hydrogen-bond donors (Lipinski definition) is 0. The first-order chi connectivity index (χ1) is 8.38. The third-order valence-electron chi connectivity index (χ3n) is 3.81. The molecule has 0 aromatic rings. The van der Waals surface area contributed by atoms with E-state index in [-0.39, 0.29) is 0 Å². The fourth-order valence-electron chi connectivity index (χ4n) is 2.68. The van der Waals surface area contributed by atoms with E-state index in [1.807, 2.05) is 0 Å². The normalized spacial score (nSPS) is 25.1. The van der Waals surface area contributed by atoms with Crippen LogP contribution < -0.4 is 0 Å². The second kappa shape index (κ2) is 7.14.